The van der Waals surface area contributed by atoms with Crippen molar-refractivity contribution in [2.24, 2.45) is 0 Å². The molecule has 2 aromatic carbocycles. The quantitative estimate of drug-likeness (QED) is 0.661. The van der Waals surface area contributed by atoms with E-state index < -0.39 is 17.6 Å². The van der Waals surface area contributed by atoms with E-state index in [1.54, 1.807) is 12.1 Å². The molecule has 0 aliphatic heterocycles. The van der Waals surface area contributed by atoms with Crippen LogP contribution in [-0.2, 0) is 17.4 Å². The van der Waals surface area contributed by atoms with Crippen LogP contribution in [0.2, 0.25) is 5.02 Å². The Kier molecular flexibility index (Phi) is 5.46. The Balaban J connectivity index is 1.62. The smallest absolute Gasteiger partial charge is 0.416 e. The summed E-state index contributed by atoms with van der Waals surface area (Å²) in [6.45, 7) is 0. The Labute approximate surface area is 157 Å². The van der Waals surface area contributed by atoms with Gasteiger partial charge in [0.05, 0.1) is 16.3 Å². The highest BCUT2D eigenvalue weighted by molar-refractivity contribution is 6.33. The Morgan fingerprint density at radius 2 is 1.85 bits per heavy atom. The standard InChI is InChI=1S/C18H13ClF3N3O2/c19-13-7-6-12(18(20,21)22)10-14(13)23-15(26)8-9-16-24-25-17(27-16)11-4-2-1-3-5-11/h1-7,10H,8-9H2,(H,23,26). The van der Waals surface area contributed by atoms with Gasteiger partial charge in [-0.15, -0.1) is 10.2 Å². The molecule has 0 bridgehead atoms. The van der Waals surface area contributed by atoms with Crippen molar-refractivity contribution in [2.45, 2.75) is 19.0 Å². The van der Waals surface area contributed by atoms with Crippen LogP contribution in [0.1, 0.15) is 17.9 Å². The van der Waals surface area contributed by atoms with E-state index in [2.05, 4.69) is 15.5 Å². The van der Waals surface area contributed by atoms with Gasteiger partial charge in [-0.3, -0.25) is 4.79 Å². The summed E-state index contributed by atoms with van der Waals surface area (Å²) in [5.74, 6) is 0.0572. The predicted octanol–water partition coefficient (Wildman–Crippen LogP) is 4.98. The lowest BCUT2D eigenvalue weighted by molar-refractivity contribution is -0.137. The summed E-state index contributed by atoms with van der Waals surface area (Å²) >= 11 is 5.86. The number of nitrogens with zero attached hydrogens (tertiary/aromatic N) is 2. The van der Waals surface area contributed by atoms with Crippen LogP contribution in [0, 0.1) is 0 Å². The molecule has 3 aromatic rings. The second-order valence-corrected chi connectivity index (χ2v) is 6.01. The Bertz CT molecular complexity index is 943. The Hall–Kier alpha value is -2.87. The van der Waals surface area contributed by atoms with Gasteiger partial charge >= 0.3 is 6.18 Å². The second-order valence-electron chi connectivity index (χ2n) is 5.61. The van der Waals surface area contributed by atoms with E-state index in [4.69, 9.17) is 16.0 Å². The first-order chi connectivity index (χ1) is 12.8. The number of carbonyl (C=O) groups is 1. The van der Waals surface area contributed by atoms with Gasteiger partial charge in [-0.05, 0) is 30.3 Å². The molecule has 3 rings (SSSR count). The molecule has 0 saturated heterocycles. The lowest BCUT2D eigenvalue weighted by atomic mass is 10.2. The molecule has 27 heavy (non-hydrogen) atoms. The third-order valence-electron chi connectivity index (χ3n) is 3.62. The number of hydrogen-bond acceptors (Lipinski definition) is 4. The topological polar surface area (TPSA) is 68.0 Å². The largest absolute Gasteiger partial charge is 0.421 e. The van der Waals surface area contributed by atoms with E-state index in [1.807, 2.05) is 18.2 Å². The first-order valence-electron chi connectivity index (χ1n) is 7.87. The van der Waals surface area contributed by atoms with Crippen molar-refractivity contribution in [1.82, 2.24) is 10.2 Å². The lowest BCUT2D eigenvalue weighted by Gasteiger charge is -2.11. The molecule has 1 aromatic heterocycles. The molecule has 0 atom stereocenters. The molecule has 9 heteroatoms. The summed E-state index contributed by atoms with van der Waals surface area (Å²) < 4.78 is 43.8. The normalized spacial score (nSPS) is 11.4. The van der Waals surface area contributed by atoms with Crippen LogP contribution in [-0.4, -0.2) is 16.1 Å². The third kappa shape index (κ3) is 4.85. The van der Waals surface area contributed by atoms with Gasteiger partial charge in [-0.25, -0.2) is 0 Å². The van der Waals surface area contributed by atoms with Crippen molar-refractivity contribution < 1.29 is 22.4 Å². The molecule has 1 N–H and O–H groups in total. The number of anilines is 1. The molecule has 0 aliphatic carbocycles. The van der Waals surface area contributed by atoms with Gasteiger partial charge in [-0.2, -0.15) is 13.2 Å². The minimum absolute atomic E-state index is 0.0144. The van der Waals surface area contributed by atoms with Crippen molar-refractivity contribution >= 4 is 23.2 Å². The van der Waals surface area contributed by atoms with Crippen molar-refractivity contribution in [3.8, 4) is 11.5 Å². The molecule has 140 valence electrons. The summed E-state index contributed by atoms with van der Waals surface area (Å²) in [6.07, 6.45) is -4.44. The zero-order chi connectivity index (χ0) is 19.4. The molecule has 0 radical (unpaired) electrons. The Morgan fingerprint density at radius 3 is 2.56 bits per heavy atom. The SMILES string of the molecule is O=C(CCc1nnc(-c2ccccc2)o1)Nc1cc(C(F)(F)F)ccc1Cl. The lowest BCUT2D eigenvalue weighted by Crippen LogP contribution is -2.14. The van der Waals surface area contributed by atoms with E-state index >= 15 is 0 Å². The van der Waals surface area contributed by atoms with Gasteiger partial charge in [0.25, 0.3) is 0 Å². The van der Waals surface area contributed by atoms with Crippen LogP contribution in [0.5, 0.6) is 0 Å². The molecule has 0 fully saturated rings. The van der Waals surface area contributed by atoms with Gasteiger partial charge in [0.2, 0.25) is 17.7 Å². The zero-order valence-electron chi connectivity index (χ0n) is 13.8. The molecule has 5 nitrogen and oxygen atoms in total. The maximum absolute atomic E-state index is 12.8. The summed E-state index contributed by atoms with van der Waals surface area (Å²) in [5, 5.41) is 10.2. The number of amides is 1. The van der Waals surface area contributed by atoms with Gasteiger partial charge in [0, 0.05) is 18.4 Å². The molecule has 0 unspecified atom stereocenters. The van der Waals surface area contributed by atoms with Crippen molar-refractivity contribution in [2.75, 3.05) is 5.32 Å². The van der Waals surface area contributed by atoms with Crippen molar-refractivity contribution in [1.29, 1.82) is 0 Å². The van der Waals surface area contributed by atoms with E-state index in [9.17, 15) is 18.0 Å². The van der Waals surface area contributed by atoms with Crippen LogP contribution in [0.15, 0.2) is 52.9 Å². The van der Waals surface area contributed by atoms with Crippen LogP contribution in [0.3, 0.4) is 0 Å². The van der Waals surface area contributed by atoms with E-state index in [0.29, 0.717) is 5.89 Å². The average molecular weight is 396 g/mol. The molecular formula is C18H13ClF3N3O2. The third-order valence-corrected chi connectivity index (χ3v) is 3.95. The van der Waals surface area contributed by atoms with E-state index in [-0.39, 0.29) is 29.4 Å². The zero-order valence-corrected chi connectivity index (χ0v) is 14.5. The number of nitrogens with one attached hydrogen (secondary N) is 1. The number of halogens is 4. The molecule has 1 amide bonds. The first kappa shape index (κ1) is 18.9. The summed E-state index contributed by atoms with van der Waals surface area (Å²) in [7, 11) is 0. The maximum Gasteiger partial charge on any atom is 0.416 e. The minimum atomic E-state index is -4.53. The number of rotatable bonds is 5. The summed E-state index contributed by atoms with van der Waals surface area (Å²) in [5.41, 5.74) is -0.255. The molecular weight excluding hydrogens is 383 g/mol. The average Bonchev–Trinajstić information content (AvgIpc) is 3.11. The highest BCUT2D eigenvalue weighted by atomic mass is 35.5. The monoisotopic (exact) mass is 395 g/mol. The van der Waals surface area contributed by atoms with Gasteiger partial charge < -0.3 is 9.73 Å². The van der Waals surface area contributed by atoms with E-state index in [1.165, 1.54) is 0 Å². The first-order valence-corrected chi connectivity index (χ1v) is 8.25. The number of alkyl halides is 3. The van der Waals surface area contributed by atoms with Gasteiger partial charge in [0.15, 0.2) is 0 Å². The van der Waals surface area contributed by atoms with Gasteiger partial charge in [-0.1, -0.05) is 29.8 Å². The van der Waals surface area contributed by atoms with Crippen molar-refractivity contribution in [3.63, 3.8) is 0 Å². The minimum Gasteiger partial charge on any atom is -0.421 e. The summed E-state index contributed by atoms with van der Waals surface area (Å²) in [6, 6.07) is 11.8. The van der Waals surface area contributed by atoms with Crippen molar-refractivity contribution in [3.05, 3.63) is 65.0 Å². The van der Waals surface area contributed by atoms with Gasteiger partial charge in [0.1, 0.15) is 0 Å². The number of benzene rings is 2. The van der Waals surface area contributed by atoms with E-state index in [0.717, 1.165) is 23.8 Å². The molecule has 0 aliphatic rings. The number of aryl methyl sites for hydroxylation is 1. The fraction of sp³-hybridized carbons (Fsp3) is 0.167. The second kappa shape index (κ2) is 7.79. The molecule has 0 spiro atoms. The Morgan fingerprint density at radius 1 is 1.11 bits per heavy atom. The maximum atomic E-state index is 12.8. The fourth-order valence-electron chi connectivity index (χ4n) is 2.28. The number of carbonyl (C=O) groups excluding carboxylic acids is 1. The summed E-state index contributed by atoms with van der Waals surface area (Å²) in [4.78, 5) is 12.0. The van der Waals surface area contributed by atoms with Crippen LogP contribution in [0.4, 0.5) is 18.9 Å². The molecule has 1 heterocycles. The van der Waals surface area contributed by atoms with Crippen LogP contribution >= 0.6 is 11.6 Å². The highest BCUT2D eigenvalue weighted by Gasteiger charge is 2.31. The van der Waals surface area contributed by atoms with Crippen LogP contribution < -0.4 is 5.32 Å². The molecule has 0 saturated carbocycles. The number of hydrogen-bond donors (Lipinski definition) is 1. The number of aromatic nitrogens is 2. The predicted molar refractivity (Wildman–Crippen MR) is 93.1 cm³/mol. The fourth-order valence-corrected chi connectivity index (χ4v) is 2.45. The highest BCUT2D eigenvalue weighted by Crippen LogP contribution is 2.33. The van der Waals surface area contributed by atoms with Crippen LogP contribution in [0.25, 0.3) is 11.5 Å².